The van der Waals surface area contributed by atoms with Gasteiger partial charge in [0, 0.05) is 21.6 Å². The maximum atomic E-state index is 13.8. The Labute approximate surface area is 384 Å². The molecule has 19 nitrogen and oxygen atoms in total. The van der Waals surface area contributed by atoms with Crippen molar-refractivity contribution in [3.8, 4) is 34.5 Å². The average Bonchev–Trinajstić information content (AvgIpc) is 3.24. The highest BCUT2D eigenvalue weighted by Crippen LogP contribution is 2.36. The zero-order valence-electron chi connectivity index (χ0n) is 34.9. The SMILES string of the molecule is COc1ccc(Oc2ccc(Oc3ccc(S(=O)(=O)c4ccc(COc5ccc(C(=O)c6ccc(C)cc6)cc5)c(SOOO)c4)cc3S(=O)(=O)O)cc2)cc1.CS(=O)(=O)O.CS(=O)(=O)O. The van der Waals surface area contributed by atoms with Crippen LogP contribution in [0.25, 0.3) is 0 Å². The Hall–Kier alpha value is -5.90. The second-order valence-corrected chi connectivity index (χ2v) is 20.4. The van der Waals surface area contributed by atoms with Crippen LogP contribution in [0, 0.1) is 6.92 Å². The summed E-state index contributed by atoms with van der Waals surface area (Å²) in [4.78, 5) is 11.5. The van der Waals surface area contributed by atoms with E-state index >= 15 is 0 Å². The van der Waals surface area contributed by atoms with Gasteiger partial charge >= 0.3 is 0 Å². The summed E-state index contributed by atoms with van der Waals surface area (Å²) in [7, 11) is -15.2. The molecule has 0 unspecified atom stereocenters. The molecule has 0 saturated carbocycles. The van der Waals surface area contributed by atoms with E-state index in [9.17, 15) is 43.0 Å². The van der Waals surface area contributed by atoms with Gasteiger partial charge in [0.2, 0.25) is 9.84 Å². The molecule has 6 aromatic rings. The maximum absolute atomic E-state index is 13.8. The number of hydrogen-bond acceptors (Lipinski definition) is 17. The second-order valence-electron chi connectivity index (χ2n) is 13.4. The molecule has 0 saturated heterocycles. The van der Waals surface area contributed by atoms with E-state index in [2.05, 4.69) is 9.37 Å². The number of ketones is 1. The Balaban J connectivity index is 0.000000860. The molecule has 0 aliphatic rings. The predicted molar refractivity (Wildman–Crippen MR) is 239 cm³/mol. The maximum Gasteiger partial charge on any atom is 0.298 e. The van der Waals surface area contributed by atoms with Gasteiger partial charge in [0.05, 0.1) is 41.5 Å². The van der Waals surface area contributed by atoms with Crippen LogP contribution >= 0.6 is 12.0 Å². The van der Waals surface area contributed by atoms with Gasteiger partial charge in [-0.2, -0.15) is 25.3 Å². The Bertz CT molecular complexity index is 3010. The molecule has 0 radical (unpaired) electrons. The molecule has 0 atom stereocenters. The largest absolute Gasteiger partial charge is 0.497 e. The summed E-state index contributed by atoms with van der Waals surface area (Å²) in [5.74, 6) is 1.75. The van der Waals surface area contributed by atoms with E-state index in [1.165, 1.54) is 30.3 Å². The quantitative estimate of drug-likeness (QED) is 0.0235. The van der Waals surface area contributed by atoms with Gasteiger partial charge < -0.3 is 18.9 Å². The first-order chi connectivity index (χ1) is 30.8. The molecular formula is C42H40O19S5. The molecule has 0 fully saturated rings. The highest BCUT2D eigenvalue weighted by Gasteiger charge is 2.26. The second kappa shape index (κ2) is 23.0. The van der Waals surface area contributed by atoms with Gasteiger partial charge in [0.15, 0.2) is 5.78 Å². The van der Waals surface area contributed by atoms with E-state index < -0.39 is 50.0 Å². The van der Waals surface area contributed by atoms with Crippen molar-refractivity contribution >= 4 is 58.0 Å². The van der Waals surface area contributed by atoms with Crippen LogP contribution in [0.1, 0.15) is 27.0 Å². The van der Waals surface area contributed by atoms with Crippen LogP contribution in [0.4, 0.5) is 0 Å². The molecule has 24 heteroatoms. The van der Waals surface area contributed by atoms with Gasteiger partial charge in [-0.3, -0.25) is 18.5 Å². The minimum absolute atomic E-state index is 0.0871. The molecule has 0 amide bonds. The average molecular weight is 1010 g/mol. The van der Waals surface area contributed by atoms with Crippen molar-refractivity contribution in [2.75, 3.05) is 19.6 Å². The number of carbonyl (C=O) groups excluding carboxylic acids is 1. The van der Waals surface area contributed by atoms with E-state index in [0.29, 0.717) is 64.2 Å². The standard InChI is InChI=1S/C40H32O13S3.2CH4O3S/c1-26-3-5-27(6-4-26)40(41)28-7-10-31(11-8-28)49-25-29-9-20-35(23-38(29)54-53-52-42)55(43,44)36-21-22-37(39(24-36)56(45,46)47)51-34-18-16-33(17-19-34)50-32-14-12-30(48-2)13-15-32;2*1-5(2,3)4/h3-24,42H,25H2,1-2H3,(H,45,46,47);2*1H3,(H,2,3,4). The van der Waals surface area contributed by atoms with Crippen LogP contribution in [0.5, 0.6) is 34.5 Å². The lowest BCUT2D eigenvalue weighted by atomic mass is 10.0. The monoisotopic (exact) mass is 1010 g/mol. The predicted octanol–water partition coefficient (Wildman–Crippen LogP) is 7.91. The van der Waals surface area contributed by atoms with Crippen molar-refractivity contribution in [2.24, 2.45) is 0 Å². The van der Waals surface area contributed by atoms with Crippen molar-refractivity contribution in [3.63, 3.8) is 0 Å². The van der Waals surface area contributed by atoms with Crippen LogP contribution < -0.4 is 18.9 Å². The van der Waals surface area contributed by atoms with E-state index in [4.69, 9.17) is 33.3 Å². The van der Waals surface area contributed by atoms with Crippen molar-refractivity contribution in [1.29, 1.82) is 0 Å². The topological polar surface area (TPSA) is 290 Å². The number of ether oxygens (including phenoxy) is 4. The van der Waals surface area contributed by atoms with Crippen molar-refractivity contribution in [3.05, 3.63) is 156 Å². The summed E-state index contributed by atoms with van der Waals surface area (Å²) < 4.78 is 141. The third-order valence-electron chi connectivity index (χ3n) is 8.18. The van der Waals surface area contributed by atoms with Gasteiger partial charge in [-0.15, -0.1) is 4.33 Å². The minimum Gasteiger partial charge on any atom is -0.497 e. The highest BCUT2D eigenvalue weighted by atomic mass is 32.2. The van der Waals surface area contributed by atoms with Crippen molar-refractivity contribution < 1.29 is 85.7 Å². The number of benzene rings is 6. The zero-order chi connectivity index (χ0) is 48.9. The molecule has 66 heavy (non-hydrogen) atoms. The van der Waals surface area contributed by atoms with Crippen LogP contribution in [-0.4, -0.2) is 78.0 Å². The third-order valence-corrected chi connectivity index (χ3v) is 11.5. The van der Waals surface area contributed by atoms with Gasteiger partial charge in [0.25, 0.3) is 30.4 Å². The number of carbonyl (C=O) groups is 1. The summed E-state index contributed by atoms with van der Waals surface area (Å²) in [5.41, 5.74) is 2.47. The Morgan fingerprint density at radius 1 is 0.576 bits per heavy atom. The van der Waals surface area contributed by atoms with Gasteiger partial charge in [-0.25, -0.2) is 13.7 Å². The first-order valence-electron chi connectivity index (χ1n) is 18.3. The Morgan fingerprint density at radius 2 is 1.02 bits per heavy atom. The summed E-state index contributed by atoms with van der Waals surface area (Å²) in [6, 6.07) is 33.7. The zero-order valence-corrected chi connectivity index (χ0v) is 38.9. The van der Waals surface area contributed by atoms with Crippen LogP contribution in [0.15, 0.2) is 153 Å². The molecule has 0 heterocycles. The summed E-state index contributed by atoms with van der Waals surface area (Å²) >= 11 is 0.495. The normalized spacial score (nSPS) is 11.5. The minimum atomic E-state index is -4.99. The van der Waals surface area contributed by atoms with Gasteiger partial charge in [-0.05, 0) is 110 Å². The Morgan fingerprint density at radius 3 is 1.50 bits per heavy atom. The molecule has 0 aromatic heterocycles. The van der Waals surface area contributed by atoms with E-state index in [1.54, 1.807) is 79.9 Å². The Kier molecular flexibility index (Phi) is 18.4. The van der Waals surface area contributed by atoms with E-state index in [0.717, 1.165) is 23.8 Å². The number of hydrogen-bond donors (Lipinski definition) is 4. The van der Waals surface area contributed by atoms with E-state index in [1.807, 2.05) is 19.1 Å². The number of sulfone groups is 1. The molecule has 0 aliphatic heterocycles. The number of aryl methyl sites for hydroxylation is 1. The molecule has 6 rings (SSSR count). The first kappa shape index (κ1) is 52.7. The lowest BCUT2D eigenvalue weighted by molar-refractivity contribution is -0.432. The van der Waals surface area contributed by atoms with Crippen molar-refractivity contribution in [1.82, 2.24) is 0 Å². The molecule has 0 bridgehead atoms. The highest BCUT2D eigenvalue weighted by molar-refractivity contribution is 7.94. The molecule has 6 aromatic carbocycles. The molecular weight excluding hydrogens is 969 g/mol. The summed E-state index contributed by atoms with van der Waals surface area (Å²) in [6.07, 6.45) is 1.43. The fourth-order valence-electron chi connectivity index (χ4n) is 5.25. The van der Waals surface area contributed by atoms with Gasteiger partial charge in [0.1, 0.15) is 46.0 Å². The third kappa shape index (κ3) is 17.1. The van der Waals surface area contributed by atoms with Crippen LogP contribution in [0.2, 0.25) is 0 Å². The smallest absolute Gasteiger partial charge is 0.298 e. The van der Waals surface area contributed by atoms with Crippen LogP contribution in [0.3, 0.4) is 0 Å². The lowest BCUT2D eigenvalue weighted by Crippen LogP contribution is -2.07. The summed E-state index contributed by atoms with van der Waals surface area (Å²) in [5, 5.41) is 12.5. The fourth-order valence-corrected chi connectivity index (χ4v) is 7.86. The van der Waals surface area contributed by atoms with Gasteiger partial charge in [-0.1, -0.05) is 40.9 Å². The molecule has 352 valence electrons. The van der Waals surface area contributed by atoms with Crippen LogP contribution in [-0.2, 0) is 56.2 Å². The first-order valence-corrected chi connectivity index (χ1v) is 25.6. The number of methoxy groups -OCH3 is 1. The summed E-state index contributed by atoms with van der Waals surface area (Å²) in [6.45, 7) is 1.84. The number of rotatable bonds is 16. The fraction of sp³-hybridized carbons (Fsp3) is 0.119. The molecule has 0 aliphatic carbocycles. The molecule has 4 N–H and O–H groups in total. The molecule has 0 spiro atoms. The van der Waals surface area contributed by atoms with E-state index in [-0.39, 0.29) is 33.7 Å². The van der Waals surface area contributed by atoms with Crippen molar-refractivity contribution in [2.45, 2.75) is 33.1 Å². The lowest BCUT2D eigenvalue weighted by Gasteiger charge is -2.14.